The third-order valence-corrected chi connectivity index (χ3v) is 7.66. The Labute approximate surface area is 100.0 Å². The second-order valence-electron chi connectivity index (χ2n) is 8.23. The molecule has 0 N–H and O–H groups in total. The van der Waals surface area contributed by atoms with Gasteiger partial charge < -0.3 is 0 Å². The molecule has 0 amide bonds. The van der Waals surface area contributed by atoms with Crippen molar-refractivity contribution in [2.24, 2.45) is 40.9 Å². The van der Waals surface area contributed by atoms with E-state index in [1.54, 1.807) is 19.3 Å². The Morgan fingerprint density at radius 1 is 0.875 bits per heavy atom. The third kappa shape index (κ3) is 0.764. The molecule has 7 aliphatic rings. The van der Waals surface area contributed by atoms with Crippen LogP contribution in [0.1, 0.15) is 45.4 Å². The molecule has 4 unspecified atom stereocenters. The van der Waals surface area contributed by atoms with Crippen LogP contribution < -0.4 is 0 Å². The average molecular weight is 212 g/mol. The molecule has 2 radical (unpaired) electrons. The van der Waals surface area contributed by atoms with E-state index in [9.17, 15) is 0 Å². The van der Waals surface area contributed by atoms with Crippen LogP contribution in [0.5, 0.6) is 0 Å². The molecule has 7 fully saturated rings. The van der Waals surface area contributed by atoms with Crippen molar-refractivity contribution in [2.75, 3.05) is 0 Å². The van der Waals surface area contributed by atoms with Gasteiger partial charge in [-0.2, -0.15) is 0 Å². The minimum atomic E-state index is 0.274. The molecule has 84 valence electrons. The van der Waals surface area contributed by atoms with Crippen molar-refractivity contribution >= 4 is 7.85 Å². The molecular formula is C15H21B. The molecule has 0 aromatic carbocycles. The molecule has 0 aromatic rings. The summed E-state index contributed by atoms with van der Waals surface area (Å²) in [6.45, 7) is 2.63. The zero-order chi connectivity index (χ0) is 10.7. The fourth-order valence-corrected chi connectivity index (χ4v) is 7.47. The van der Waals surface area contributed by atoms with E-state index in [0.717, 1.165) is 40.9 Å². The van der Waals surface area contributed by atoms with Crippen LogP contribution >= 0.6 is 0 Å². The summed E-state index contributed by atoms with van der Waals surface area (Å²) in [5.74, 6) is 6.37. The molecule has 8 bridgehead atoms. The smallest absolute Gasteiger partial charge is 0.0652 e. The minimum absolute atomic E-state index is 0.274. The van der Waals surface area contributed by atoms with Crippen LogP contribution in [0.25, 0.3) is 0 Å². The number of rotatable bonds is 0. The van der Waals surface area contributed by atoms with Crippen LogP contribution in [-0.4, -0.2) is 7.85 Å². The Morgan fingerprint density at radius 2 is 1.50 bits per heavy atom. The Hall–Kier alpha value is 0.0649. The van der Waals surface area contributed by atoms with Crippen LogP contribution in [0, 0.1) is 40.9 Å². The van der Waals surface area contributed by atoms with Crippen LogP contribution in [-0.2, 0) is 0 Å². The Balaban J connectivity index is 1.73. The molecule has 0 aromatic heterocycles. The van der Waals surface area contributed by atoms with Crippen molar-refractivity contribution in [3.63, 3.8) is 0 Å². The van der Waals surface area contributed by atoms with Crippen molar-refractivity contribution in [1.29, 1.82) is 0 Å². The lowest BCUT2D eigenvalue weighted by molar-refractivity contribution is -0.244. The van der Waals surface area contributed by atoms with Crippen molar-refractivity contribution in [2.45, 2.75) is 50.8 Å². The lowest BCUT2D eigenvalue weighted by Crippen LogP contribution is -2.67. The van der Waals surface area contributed by atoms with Gasteiger partial charge in [-0.15, -0.1) is 0 Å². The highest BCUT2D eigenvalue weighted by molar-refractivity contribution is 6.15. The van der Waals surface area contributed by atoms with Crippen LogP contribution in [0.4, 0.5) is 0 Å². The highest BCUT2D eigenvalue weighted by Gasteiger charge is 2.70. The predicted octanol–water partition coefficient (Wildman–Crippen LogP) is 3.43. The molecule has 0 spiro atoms. The highest BCUT2D eigenvalue weighted by Crippen LogP contribution is 2.79. The van der Waals surface area contributed by atoms with Crippen molar-refractivity contribution in [1.82, 2.24) is 0 Å². The second kappa shape index (κ2) is 2.29. The van der Waals surface area contributed by atoms with Gasteiger partial charge in [0.2, 0.25) is 0 Å². The van der Waals surface area contributed by atoms with E-state index < -0.39 is 0 Å². The summed E-state index contributed by atoms with van der Waals surface area (Å²) in [5, 5.41) is 0.274. The normalized spacial score (nSPS) is 73.8. The number of hydrogen-bond acceptors (Lipinski definition) is 0. The zero-order valence-corrected chi connectivity index (χ0v) is 10.3. The summed E-state index contributed by atoms with van der Waals surface area (Å²) >= 11 is 0. The van der Waals surface area contributed by atoms with Crippen molar-refractivity contribution in [3.8, 4) is 0 Å². The fourth-order valence-electron chi connectivity index (χ4n) is 7.47. The third-order valence-electron chi connectivity index (χ3n) is 7.66. The fraction of sp³-hybridized carbons (Fsp3) is 1.00. The molecule has 0 saturated heterocycles. The lowest BCUT2D eigenvalue weighted by atomic mass is 9.26. The van der Waals surface area contributed by atoms with Gasteiger partial charge in [0.05, 0.1) is 7.85 Å². The molecule has 0 heterocycles. The van der Waals surface area contributed by atoms with E-state index in [1.807, 2.05) is 0 Å². The standard InChI is InChI=1S/C15H21B/c1-14-4-8-2-9-11-5-15(16,6-12(9)14)7-13(14)10(11)3-8/h8-13H,2-7H2,1H3. The maximum absolute atomic E-state index is 6.66. The van der Waals surface area contributed by atoms with Crippen LogP contribution in [0.3, 0.4) is 0 Å². The molecular weight excluding hydrogens is 191 g/mol. The van der Waals surface area contributed by atoms with E-state index in [-0.39, 0.29) is 5.31 Å². The first-order valence-corrected chi connectivity index (χ1v) is 7.38. The molecule has 1 heteroatoms. The molecule has 7 aliphatic carbocycles. The van der Waals surface area contributed by atoms with E-state index >= 15 is 0 Å². The van der Waals surface area contributed by atoms with Gasteiger partial charge in [-0.25, -0.2) is 0 Å². The van der Waals surface area contributed by atoms with Gasteiger partial charge in [0.15, 0.2) is 0 Å². The van der Waals surface area contributed by atoms with E-state index in [0.29, 0.717) is 0 Å². The van der Waals surface area contributed by atoms with Gasteiger partial charge in [-0.05, 0) is 60.2 Å². The lowest BCUT2D eigenvalue weighted by Gasteiger charge is -2.76. The first kappa shape index (κ1) is 9.06. The average Bonchev–Trinajstić information content (AvgIpc) is 2.24. The van der Waals surface area contributed by atoms with Crippen LogP contribution in [0.15, 0.2) is 0 Å². The van der Waals surface area contributed by atoms with E-state index in [2.05, 4.69) is 6.92 Å². The van der Waals surface area contributed by atoms with Gasteiger partial charge in [0, 0.05) is 0 Å². The molecule has 7 saturated carbocycles. The van der Waals surface area contributed by atoms with Crippen molar-refractivity contribution in [3.05, 3.63) is 0 Å². The van der Waals surface area contributed by atoms with E-state index in [1.165, 1.54) is 19.3 Å². The topological polar surface area (TPSA) is 0 Å². The summed E-state index contributed by atoms with van der Waals surface area (Å²) in [5.41, 5.74) is 0.719. The SMILES string of the molecule is [B]C12CC3C4CC5CC3C(C1)C(C)(C5)C4C2. The first-order valence-electron chi connectivity index (χ1n) is 7.38. The highest BCUT2D eigenvalue weighted by atomic mass is 14.7. The van der Waals surface area contributed by atoms with Gasteiger partial charge >= 0.3 is 0 Å². The largest absolute Gasteiger partial charge is 0.0746 e. The second-order valence-corrected chi connectivity index (χ2v) is 8.23. The maximum Gasteiger partial charge on any atom is 0.0746 e. The molecule has 0 nitrogen and oxygen atoms in total. The van der Waals surface area contributed by atoms with Crippen molar-refractivity contribution < 1.29 is 0 Å². The molecule has 0 aliphatic heterocycles. The number of hydrogen-bond donors (Lipinski definition) is 0. The summed E-state index contributed by atoms with van der Waals surface area (Å²) in [6.07, 6.45) is 8.84. The Bertz CT molecular complexity index is 350. The maximum atomic E-state index is 6.66. The van der Waals surface area contributed by atoms with Gasteiger partial charge in [-0.3, -0.25) is 0 Å². The zero-order valence-electron chi connectivity index (χ0n) is 10.3. The Kier molecular flexibility index (Phi) is 1.30. The monoisotopic (exact) mass is 212 g/mol. The minimum Gasteiger partial charge on any atom is -0.0652 e. The quantitative estimate of drug-likeness (QED) is 0.539. The molecule has 16 heavy (non-hydrogen) atoms. The molecule has 7 rings (SSSR count). The first-order chi connectivity index (χ1) is 7.59. The molecule has 4 atom stereocenters. The van der Waals surface area contributed by atoms with Crippen LogP contribution in [0.2, 0.25) is 5.31 Å². The predicted molar refractivity (Wildman–Crippen MR) is 65.2 cm³/mol. The Morgan fingerprint density at radius 3 is 2.12 bits per heavy atom. The summed E-state index contributed by atoms with van der Waals surface area (Å²) in [7, 11) is 6.66. The van der Waals surface area contributed by atoms with Gasteiger partial charge in [0.1, 0.15) is 0 Å². The summed E-state index contributed by atoms with van der Waals surface area (Å²) < 4.78 is 0. The van der Waals surface area contributed by atoms with E-state index in [4.69, 9.17) is 7.85 Å². The van der Waals surface area contributed by atoms with Gasteiger partial charge in [0.25, 0.3) is 0 Å². The summed E-state index contributed by atoms with van der Waals surface area (Å²) in [6, 6.07) is 0. The van der Waals surface area contributed by atoms with Gasteiger partial charge in [-0.1, -0.05) is 31.5 Å². The summed E-state index contributed by atoms with van der Waals surface area (Å²) in [4.78, 5) is 0.